The third-order valence-corrected chi connectivity index (χ3v) is 4.63. The normalized spacial score (nSPS) is 11.8. The molecule has 0 fully saturated rings. The highest BCUT2D eigenvalue weighted by molar-refractivity contribution is 5.96. The van der Waals surface area contributed by atoms with E-state index in [1.807, 2.05) is 31.2 Å². The number of hydrogen-bond acceptors (Lipinski definition) is 2. The molecule has 3 nitrogen and oxygen atoms in total. The van der Waals surface area contributed by atoms with E-state index >= 15 is 0 Å². The van der Waals surface area contributed by atoms with E-state index in [9.17, 15) is 31.1 Å². The highest BCUT2D eigenvalue weighted by Crippen LogP contribution is 2.36. The average molecular weight is 452 g/mol. The molecule has 0 aliphatic carbocycles. The van der Waals surface area contributed by atoms with Crippen molar-refractivity contribution in [2.24, 2.45) is 0 Å². The number of benzene rings is 3. The molecule has 0 saturated heterocycles. The van der Waals surface area contributed by atoms with Crippen LogP contribution in [0, 0.1) is 6.92 Å². The molecule has 3 rings (SSSR count). The van der Waals surface area contributed by atoms with E-state index in [0.717, 1.165) is 11.3 Å². The Morgan fingerprint density at radius 3 is 1.78 bits per heavy atom. The van der Waals surface area contributed by atoms with Crippen LogP contribution in [0.15, 0.2) is 66.7 Å². The maximum absolute atomic E-state index is 13.0. The topological polar surface area (TPSA) is 41.1 Å². The number of rotatable bonds is 5. The first-order valence-corrected chi connectivity index (χ1v) is 9.43. The van der Waals surface area contributed by atoms with E-state index in [0.29, 0.717) is 23.5 Å². The third kappa shape index (κ3) is 5.81. The van der Waals surface area contributed by atoms with Gasteiger partial charge >= 0.3 is 12.4 Å². The number of carbonyl (C=O) groups is 1. The molecule has 2 N–H and O–H groups in total. The number of para-hydroxylation sites is 3. The molecule has 1 amide bonds. The van der Waals surface area contributed by atoms with Crippen molar-refractivity contribution in [1.29, 1.82) is 0 Å². The standard InChI is InChI=1S/C23H18F6N2O/c1-14-6-2-3-7-18(14)30-19-8-4-5-9-20(19)31-21(32)12-15-10-16(22(24,25)26)13-17(11-15)23(27,28)29/h2-11,13,30H,12H2,1H3,(H,31,32). The lowest BCUT2D eigenvalue weighted by molar-refractivity contribution is -0.143. The monoisotopic (exact) mass is 452 g/mol. The fraction of sp³-hybridized carbons (Fsp3) is 0.174. The number of amides is 1. The summed E-state index contributed by atoms with van der Waals surface area (Å²) in [6.07, 6.45) is -10.6. The van der Waals surface area contributed by atoms with Crippen molar-refractivity contribution < 1.29 is 31.1 Å². The molecule has 0 saturated carbocycles. The second-order valence-electron chi connectivity index (χ2n) is 7.12. The van der Waals surface area contributed by atoms with Crippen molar-refractivity contribution in [2.75, 3.05) is 10.6 Å². The smallest absolute Gasteiger partial charge is 0.354 e. The Morgan fingerprint density at radius 1 is 0.750 bits per heavy atom. The number of nitrogens with one attached hydrogen (secondary N) is 2. The molecule has 0 aromatic heterocycles. The van der Waals surface area contributed by atoms with Gasteiger partial charge in [0.05, 0.1) is 28.9 Å². The molecular formula is C23H18F6N2O. The fourth-order valence-corrected chi connectivity index (χ4v) is 3.06. The zero-order valence-corrected chi connectivity index (χ0v) is 16.7. The lowest BCUT2D eigenvalue weighted by atomic mass is 10.0. The molecule has 0 aliphatic heterocycles. The number of anilines is 3. The molecule has 3 aromatic carbocycles. The van der Waals surface area contributed by atoms with Gasteiger partial charge in [0.15, 0.2) is 0 Å². The van der Waals surface area contributed by atoms with Crippen molar-refractivity contribution in [1.82, 2.24) is 0 Å². The lowest BCUT2D eigenvalue weighted by Crippen LogP contribution is -2.17. The lowest BCUT2D eigenvalue weighted by Gasteiger charge is -2.16. The maximum atomic E-state index is 13.0. The van der Waals surface area contributed by atoms with Crippen molar-refractivity contribution in [3.05, 3.63) is 89.0 Å². The van der Waals surface area contributed by atoms with Crippen LogP contribution in [-0.2, 0) is 23.6 Å². The third-order valence-electron chi connectivity index (χ3n) is 4.63. The Hall–Kier alpha value is -3.49. The summed E-state index contributed by atoms with van der Waals surface area (Å²) in [6, 6.07) is 15.1. The van der Waals surface area contributed by atoms with E-state index in [2.05, 4.69) is 10.6 Å². The highest BCUT2D eigenvalue weighted by atomic mass is 19.4. The van der Waals surface area contributed by atoms with Crippen LogP contribution >= 0.6 is 0 Å². The predicted molar refractivity (Wildman–Crippen MR) is 110 cm³/mol. The van der Waals surface area contributed by atoms with Crippen LogP contribution in [0.4, 0.5) is 43.4 Å². The summed E-state index contributed by atoms with van der Waals surface area (Å²) >= 11 is 0. The van der Waals surface area contributed by atoms with Gasteiger partial charge in [0.1, 0.15) is 0 Å². The summed E-state index contributed by atoms with van der Waals surface area (Å²) in [5.74, 6) is -0.753. The maximum Gasteiger partial charge on any atom is 0.416 e. The Bertz CT molecular complexity index is 1090. The van der Waals surface area contributed by atoms with Gasteiger partial charge in [-0.15, -0.1) is 0 Å². The number of carbonyl (C=O) groups excluding carboxylic acids is 1. The molecule has 32 heavy (non-hydrogen) atoms. The van der Waals surface area contributed by atoms with Crippen molar-refractivity contribution >= 4 is 23.0 Å². The quantitative estimate of drug-likeness (QED) is 0.411. The average Bonchev–Trinajstić information content (AvgIpc) is 2.69. The number of alkyl halides is 6. The van der Waals surface area contributed by atoms with Crippen LogP contribution in [0.5, 0.6) is 0 Å². The molecule has 168 valence electrons. The minimum Gasteiger partial charge on any atom is -0.354 e. The minimum absolute atomic E-state index is 0.0306. The van der Waals surface area contributed by atoms with Gasteiger partial charge in [-0.3, -0.25) is 4.79 Å². The fourth-order valence-electron chi connectivity index (χ4n) is 3.06. The molecule has 0 aliphatic rings. The van der Waals surface area contributed by atoms with Gasteiger partial charge in [0, 0.05) is 5.69 Å². The van der Waals surface area contributed by atoms with Crippen LogP contribution in [0.2, 0.25) is 0 Å². The highest BCUT2D eigenvalue weighted by Gasteiger charge is 2.37. The van der Waals surface area contributed by atoms with Gasteiger partial charge in [0.2, 0.25) is 5.91 Å². The van der Waals surface area contributed by atoms with E-state index in [1.54, 1.807) is 24.3 Å². The van der Waals surface area contributed by atoms with Crippen molar-refractivity contribution in [3.63, 3.8) is 0 Å². The van der Waals surface area contributed by atoms with Crippen LogP contribution in [0.3, 0.4) is 0 Å². The molecular weight excluding hydrogens is 434 g/mol. The van der Waals surface area contributed by atoms with Gasteiger partial charge in [-0.25, -0.2) is 0 Å². The largest absolute Gasteiger partial charge is 0.416 e. The summed E-state index contributed by atoms with van der Waals surface area (Å²) in [4.78, 5) is 12.5. The van der Waals surface area contributed by atoms with Crippen LogP contribution < -0.4 is 10.6 Å². The van der Waals surface area contributed by atoms with E-state index in [1.165, 1.54) is 0 Å². The number of aryl methyl sites for hydroxylation is 1. The summed E-state index contributed by atoms with van der Waals surface area (Å²) in [7, 11) is 0. The molecule has 0 bridgehead atoms. The summed E-state index contributed by atoms with van der Waals surface area (Å²) in [5.41, 5.74) is -0.736. The van der Waals surface area contributed by atoms with Gasteiger partial charge in [-0.2, -0.15) is 26.3 Å². The number of hydrogen-bond donors (Lipinski definition) is 2. The predicted octanol–water partition coefficient (Wildman–Crippen LogP) is 6.96. The van der Waals surface area contributed by atoms with E-state index < -0.39 is 41.4 Å². The van der Waals surface area contributed by atoms with Gasteiger partial charge in [-0.05, 0) is 54.4 Å². The van der Waals surface area contributed by atoms with Gasteiger partial charge in [0.25, 0.3) is 0 Å². The molecule has 9 heteroatoms. The molecule has 0 unspecified atom stereocenters. The molecule has 0 spiro atoms. The Morgan fingerprint density at radius 2 is 1.25 bits per heavy atom. The van der Waals surface area contributed by atoms with E-state index in [-0.39, 0.29) is 6.07 Å². The zero-order valence-electron chi connectivity index (χ0n) is 16.7. The molecule has 3 aromatic rings. The van der Waals surface area contributed by atoms with Gasteiger partial charge < -0.3 is 10.6 Å². The van der Waals surface area contributed by atoms with E-state index in [4.69, 9.17) is 0 Å². The Labute approximate surface area is 180 Å². The van der Waals surface area contributed by atoms with Gasteiger partial charge in [-0.1, -0.05) is 30.3 Å². The Balaban J connectivity index is 1.83. The number of halogens is 6. The summed E-state index contributed by atoms with van der Waals surface area (Å²) < 4.78 is 78.2. The Kier molecular flexibility index (Phi) is 6.47. The van der Waals surface area contributed by atoms with Crippen LogP contribution in [0.25, 0.3) is 0 Å². The van der Waals surface area contributed by atoms with Crippen molar-refractivity contribution in [2.45, 2.75) is 25.7 Å². The molecule has 0 atom stereocenters. The molecule has 0 heterocycles. The first-order chi connectivity index (χ1) is 14.9. The summed E-state index contributed by atoms with van der Waals surface area (Å²) in [5, 5.41) is 5.71. The zero-order chi connectivity index (χ0) is 23.5. The SMILES string of the molecule is Cc1ccccc1Nc1ccccc1NC(=O)Cc1cc(C(F)(F)F)cc(C(F)(F)F)c1. The van der Waals surface area contributed by atoms with Crippen LogP contribution in [0.1, 0.15) is 22.3 Å². The first kappa shape index (κ1) is 23.2. The summed E-state index contributed by atoms with van der Waals surface area (Å²) in [6.45, 7) is 1.88. The second-order valence-corrected chi connectivity index (χ2v) is 7.12. The second kappa shape index (κ2) is 8.94. The minimum atomic E-state index is -4.98. The first-order valence-electron chi connectivity index (χ1n) is 9.43. The van der Waals surface area contributed by atoms with Crippen LogP contribution in [-0.4, -0.2) is 5.91 Å². The van der Waals surface area contributed by atoms with Crippen molar-refractivity contribution in [3.8, 4) is 0 Å². The molecule has 0 radical (unpaired) electrons.